The van der Waals surface area contributed by atoms with E-state index >= 15 is 0 Å². The molecule has 2 N–H and O–H groups in total. The Bertz CT molecular complexity index is 934. The Balaban J connectivity index is 1.88. The summed E-state index contributed by atoms with van der Waals surface area (Å²) in [5.74, 6) is -0.777. The average Bonchev–Trinajstić information content (AvgIpc) is 2.61. The van der Waals surface area contributed by atoms with Crippen molar-refractivity contribution in [3.8, 4) is 5.75 Å². The maximum atomic E-state index is 13.7. The lowest BCUT2D eigenvalue weighted by molar-refractivity contribution is 0.416. The number of para-hydroxylation sites is 1. The fourth-order valence-corrected chi connectivity index (χ4v) is 2.37. The number of hydrogen-bond donors (Lipinski definition) is 2. The van der Waals surface area contributed by atoms with Crippen molar-refractivity contribution in [2.75, 3.05) is 17.7 Å². The van der Waals surface area contributed by atoms with Gasteiger partial charge in [-0.05, 0) is 30.7 Å². The molecule has 0 unspecified atom stereocenters. The SMILES string of the molecule is COc1cc(Cl)c(C)cc1Nc1cnnc(Nc2c(F)cccc2F)n1. The minimum Gasteiger partial charge on any atom is -0.495 e. The third-order valence-electron chi connectivity index (χ3n) is 3.50. The quantitative estimate of drug-likeness (QED) is 0.676. The third kappa shape index (κ3) is 3.80. The summed E-state index contributed by atoms with van der Waals surface area (Å²) in [6.07, 6.45) is 1.37. The van der Waals surface area contributed by atoms with Gasteiger partial charge in [-0.25, -0.2) is 8.78 Å². The van der Waals surface area contributed by atoms with Gasteiger partial charge in [0.15, 0.2) is 5.82 Å². The van der Waals surface area contributed by atoms with Crippen LogP contribution in [0.1, 0.15) is 5.56 Å². The van der Waals surface area contributed by atoms with Gasteiger partial charge in [-0.15, -0.1) is 5.10 Å². The molecule has 0 aliphatic carbocycles. The molecule has 2 aromatic carbocycles. The third-order valence-corrected chi connectivity index (χ3v) is 3.91. The van der Waals surface area contributed by atoms with Gasteiger partial charge in [-0.1, -0.05) is 17.7 Å². The lowest BCUT2D eigenvalue weighted by Gasteiger charge is -2.13. The van der Waals surface area contributed by atoms with Crippen molar-refractivity contribution in [2.24, 2.45) is 0 Å². The van der Waals surface area contributed by atoms with Crippen LogP contribution in [-0.2, 0) is 0 Å². The van der Waals surface area contributed by atoms with Gasteiger partial charge >= 0.3 is 0 Å². The Morgan fingerprint density at radius 3 is 2.54 bits per heavy atom. The summed E-state index contributed by atoms with van der Waals surface area (Å²) in [5, 5.41) is 13.6. The van der Waals surface area contributed by atoms with Crippen molar-refractivity contribution in [1.82, 2.24) is 15.2 Å². The van der Waals surface area contributed by atoms with Gasteiger partial charge in [-0.2, -0.15) is 10.1 Å². The lowest BCUT2D eigenvalue weighted by atomic mass is 10.2. The molecule has 9 heteroatoms. The number of halogens is 3. The van der Waals surface area contributed by atoms with Gasteiger partial charge in [0, 0.05) is 11.1 Å². The fourth-order valence-electron chi connectivity index (χ4n) is 2.21. The van der Waals surface area contributed by atoms with E-state index in [9.17, 15) is 8.78 Å². The van der Waals surface area contributed by atoms with E-state index in [0.717, 1.165) is 17.7 Å². The Hall–Kier alpha value is -3.00. The number of methoxy groups -OCH3 is 1. The number of nitrogens with zero attached hydrogens (tertiary/aromatic N) is 3. The highest BCUT2D eigenvalue weighted by Crippen LogP contribution is 2.32. The van der Waals surface area contributed by atoms with Crippen molar-refractivity contribution in [2.45, 2.75) is 6.92 Å². The molecular weight excluding hydrogens is 364 g/mol. The maximum absolute atomic E-state index is 13.7. The number of aromatic nitrogens is 3. The highest BCUT2D eigenvalue weighted by molar-refractivity contribution is 6.31. The summed E-state index contributed by atoms with van der Waals surface area (Å²) in [6, 6.07) is 6.97. The van der Waals surface area contributed by atoms with Gasteiger partial charge in [0.25, 0.3) is 0 Å². The first kappa shape index (κ1) is 17.8. The maximum Gasteiger partial charge on any atom is 0.249 e. The number of ether oxygens (including phenoxy) is 1. The molecule has 0 amide bonds. The van der Waals surface area contributed by atoms with E-state index in [0.29, 0.717) is 22.3 Å². The molecular formula is C17H14ClF2N5O. The van der Waals surface area contributed by atoms with Crippen molar-refractivity contribution in [3.63, 3.8) is 0 Å². The molecule has 1 aromatic heterocycles. The zero-order chi connectivity index (χ0) is 18.7. The minimum absolute atomic E-state index is 0.0661. The molecule has 3 aromatic rings. The summed E-state index contributed by atoms with van der Waals surface area (Å²) in [4.78, 5) is 4.16. The molecule has 0 bridgehead atoms. The number of hydrogen-bond acceptors (Lipinski definition) is 6. The summed E-state index contributed by atoms with van der Waals surface area (Å²) in [7, 11) is 1.51. The number of benzene rings is 2. The summed E-state index contributed by atoms with van der Waals surface area (Å²) >= 11 is 6.09. The topological polar surface area (TPSA) is 72.0 Å². The monoisotopic (exact) mass is 377 g/mol. The molecule has 0 radical (unpaired) electrons. The number of rotatable bonds is 5. The smallest absolute Gasteiger partial charge is 0.249 e. The predicted molar refractivity (Wildman–Crippen MR) is 95.5 cm³/mol. The van der Waals surface area contributed by atoms with E-state index in [1.165, 1.54) is 19.4 Å². The molecule has 26 heavy (non-hydrogen) atoms. The van der Waals surface area contributed by atoms with Crippen LogP contribution >= 0.6 is 11.6 Å². The zero-order valence-corrected chi connectivity index (χ0v) is 14.6. The van der Waals surface area contributed by atoms with Crippen LogP contribution in [0.5, 0.6) is 5.75 Å². The molecule has 0 aliphatic heterocycles. The van der Waals surface area contributed by atoms with E-state index in [1.807, 2.05) is 6.92 Å². The second-order valence-electron chi connectivity index (χ2n) is 5.31. The molecule has 134 valence electrons. The molecule has 0 aliphatic rings. The van der Waals surface area contributed by atoms with Crippen LogP contribution in [0, 0.1) is 18.6 Å². The molecule has 0 spiro atoms. The highest BCUT2D eigenvalue weighted by atomic mass is 35.5. The van der Waals surface area contributed by atoms with E-state index in [4.69, 9.17) is 16.3 Å². The van der Waals surface area contributed by atoms with Crippen LogP contribution in [0.3, 0.4) is 0 Å². The van der Waals surface area contributed by atoms with E-state index in [-0.39, 0.29) is 11.6 Å². The van der Waals surface area contributed by atoms with Crippen molar-refractivity contribution < 1.29 is 13.5 Å². The molecule has 0 saturated carbocycles. The van der Waals surface area contributed by atoms with Crippen LogP contribution < -0.4 is 15.4 Å². The Labute approximate surface area is 153 Å². The summed E-state index contributed by atoms with van der Waals surface area (Å²) in [5.41, 5.74) is 1.09. The van der Waals surface area contributed by atoms with Crippen molar-refractivity contribution in [3.05, 3.63) is 58.7 Å². The van der Waals surface area contributed by atoms with Gasteiger partial charge in [-0.3, -0.25) is 0 Å². The first-order valence-electron chi connectivity index (χ1n) is 7.50. The van der Waals surface area contributed by atoms with Crippen LogP contribution in [-0.4, -0.2) is 22.3 Å². The van der Waals surface area contributed by atoms with E-state index < -0.39 is 11.6 Å². The highest BCUT2D eigenvalue weighted by Gasteiger charge is 2.12. The normalized spacial score (nSPS) is 10.5. The minimum atomic E-state index is -0.762. The van der Waals surface area contributed by atoms with Crippen LogP contribution in [0.25, 0.3) is 0 Å². The predicted octanol–water partition coefficient (Wildman–Crippen LogP) is 4.61. The standard InChI is InChI=1S/C17H14ClF2N5O/c1-9-6-13(14(26-2)7-10(9)18)22-15-8-21-25-17(23-15)24-16-11(19)4-3-5-12(16)20/h3-8H,1-2H3,(H2,22,23,24,25). The molecule has 6 nitrogen and oxygen atoms in total. The van der Waals surface area contributed by atoms with Crippen LogP contribution in [0.15, 0.2) is 36.5 Å². The first-order chi connectivity index (χ1) is 12.5. The van der Waals surface area contributed by atoms with Gasteiger partial charge < -0.3 is 15.4 Å². The van der Waals surface area contributed by atoms with Crippen molar-refractivity contribution >= 4 is 34.7 Å². The Morgan fingerprint density at radius 1 is 1.12 bits per heavy atom. The molecule has 0 fully saturated rings. The Kier molecular flexibility index (Phi) is 5.13. The summed E-state index contributed by atoms with van der Waals surface area (Å²) in [6.45, 7) is 1.85. The van der Waals surface area contributed by atoms with Crippen molar-refractivity contribution in [1.29, 1.82) is 0 Å². The number of nitrogens with one attached hydrogen (secondary N) is 2. The van der Waals surface area contributed by atoms with Gasteiger partial charge in [0.05, 0.1) is 19.0 Å². The summed E-state index contributed by atoms with van der Waals surface area (Å²) < 4.78 is 32.8. The largest absolute Gasteiger partial charge is 0.495 e. The second-order valence-corrected chi connectivity index (χ2v) is 5.72. The molecule has 0 saturated heterocycles. The van der Waals surface area contributed by atoms with E-state index in [2.05, 4.69) is 25.8 Å². The zero-order valence-electron chi connectivity index (χ0n) is 13.8. The van der Waals surface area contributed by atoms with Gasteiger partial charge in [0.2, 0.25) is 5.95 Å². The Morgan fingerprint density at radius 2 is 1.85 bits per heavy atom. The average molecular weight is 378 g/mol. The van der Waals surface area contributed by atoms with Crippen LogP contribution in [0.4, 0.5) is 31.9 Å². The first-order valence-corrected chi connectivity index (χ1v) is 7.87. The molecule has 0 atom stereocenters. The lowest BCUT2D eigenvalue weighted by Crippen LogP contribution is -2.05. The van der Waals surface area contributed by atoms with Gasteiger partial charge in [0.1, 0.15) is 23.1 Å². The number of anilines is 4. The second kappa shape index (κ2) is 7.49. The molecule has 3 rings (SSSR count). The van der Waals surface area contributed by atoms with E-state index in [1.54, 1.807) is 12.1 Å². The number of aryl methyl sites for hydroxylation is 1. The molecule has 1 heterocycles. The fraction of sp³-hybridized carbons (Fsp3) is 0.118. The van der Waals surface area contributed by atoms with Crippen LogP contribution in [0.2, 0.25) is 5.02 Å².